The maximum atomic E-state index is 10.9. The molecule has 3 nitrogen and oxygen atoms in total. The fraction of sp³-hybridized carbons (Fsp3) is 0.435. The van der Waals surface area contributed by atoms with E-state index >= 15 is 0 Å². The van der Waals surface area contributed by atoms with E-state index in [1.165, 1.54) is 44.9 Å². The first-order valence-corrected chi connectivity index (χ1v) is 9.77. The minimum absolute atomic E-state index is 0.305. The lowest BCUT2D eigenvalue weighted by atomic mass is 10.0. The third-order valence-corrected chi connectivity index (χ3v) is 4.59. The summed E-state index contributed by atoms with van der Waals surface area (Å²) in [6.45, 7) is 3.01. The molecule has 0 aliphatic heterocycles. The van der Waals surface area contributed by atoms with Gasteiger partial charge in [0.05, 0.1) is 12.2 Å². The molecule has 0 aliphatic carbocycles. The zero-order chi connectivity index (χ0) is 18.6. The summed E-state index contributed by atoms with van der Waals surface area (Å²) in [5.41, 5.74) is 2.37. The van der Waals surface area contributed by atoms with E-state index in [9.17, 15) is 4.79 Å². The number of rotatable bonds is 12. The van der Waals surface area contributed by atoms with Crippen LogP contribution in [0.1, 0.15) is 68.6 Å². The van der Waals surface area contributed by atoms with E-state index in [4.69, 9.17) is 9.84 Å². The highest BCUT2D eigenvalue weighted by atomic mass is 16.5. The molecule has 0 unspecified atom stereocenters. The number of hydrogen-bond donors (Lipinski definition) is 1. The Hall–Kier alpha value is -2.29. The van der Waals surface area contributed by atoms with Crippen LogP contribution in [0.25, 0.3) is 11.1 Å². The molecule has 0 aliphatic rings. The van der Waals surface area contributed by atoms with Crippen molar-refractivity contribution in [3.63, 3.8) is 0 Å². The molecule has 0 aromatic heterocycles. The first-order chi connectivity index (χ1) is 12.7. The Morgan fingerprint density at radius 1 is 0.769 bits per heavy atom. The molecule has 2 aromatic rings. The maximum absolute atomic E-state index is 10.9. The lowest BCUT2D eigenvalue weighted by molar-refractivity contribution is 0.0697. The molecule has 0 radical (unpaired) electrons. The first kappa shape index (κ1) is 20.0. The fourth-order valence-electron chi connectivity index (χ4n) is 2.97. The Balaban J connectivity index is 1.68. The van der Waals surface area contributed by atoms with Gasteiger partial charge in [0, 0.05) is 0 Å². The summed E-state index contributed by atoms with van der Waals surface area (Å²) in [5.74, 6) is -0.0138. The lowest BCUT2D eigenvalue weighted by Crippen LogP contribution is -1.97. The van der Waals surface area contributed by atoms with Gasteiger partial charge in [-0.2, -0.15) is 0 Å². The molecule has 3 heteroatoms. The van der Waals surface area contributed by atoms with Crippen LogP contribution in [0.2, 0.25) is 0 Å². The summed E-state index contributed by atoms with van der Waals surface area (Å²) in [7, 11) is 0. The second kappa shape index (κ2) is 11.3. The van der Waals surface area contributed by atoms with E-state index < -0.39 is 5.97 Å². The van der Waals surface area contributed by atoms with Crippen LogP contribution < -0.4 is 4.74 Å². The molecular formula is C23H30O3. The van der Waals surface area contributed by atoms with Crippen molar-refractivity contribution in [2.75, 3.05) is 6.61 Å². The zero-order valence-corrected chi connectivity index (χ0v) is 15.7. The Morgan fingerprint density at radius 3 is 1.81 bits per heavy atom. The van der Waals surface area contributed by atoms with Gasteiger partial charge in [0.1, 0.15) is 5.75 Å². The fourth-order valence-corrected chi connectivity index (χ4v) is 2.97. The molecule has 0 bridgehead atoms. The van der Waals surface area contributed by atoms with Gasteiger partial charge in [-0.3, -0.25) is 0 Å². The Labute approximate surface area is 157 Å². The Morgan fingerprint density at radius 2 is 1.27 bits per heavy atom. The highest BCUT2D eigenvalue weighted by molar-refractivity contribution is 5.88. The highest BCUT2D eigenvalue weighted by Crippen LogP contribution is 2.23. The number of carboxylic acids is 1. The van der Waals surface area contributed by atoms with Crippen LogP contribution >= 0.6 is 0 Å². The van der Waals surface area contributed by atoms with Gasteiger partial charge in [-0.15, -0.1) is 0 Å². The van der Waals surface area contributed by atoms with E-state index in [1.54, 1.807) is 12.1 Å². The molecule has 0 atom stereocenters. The van der Waals surface area contributed by atoms with E-state index in [0.717, 1.165) is 29.9 Å². The van der Waals surface area contributed by atoms with Crippen molar-refractivity contribution in [3.8, 4) is 16.9 Å². The van der Waals surface area contributed by atoms with Gasteiger partial charge < -0.3 is 9.84 Å². The third kappa shape index (κ3) is 6.91. The van der Waals surface area contributed by atoms with Crippen molar-refractivity contribution < 1.29 is 14.6 Å². The second-order valence-electron chi connectivity index (χ2n) is 6.73. The van der Waals surface area contributed by atoms with Crippen LogP contribution in [0.3, 0.4) is 0 Å². The topological polar surface area (TPSA) is 46.5 Å². The number of unbranched alkanes of at least 4 members (excludes halogenated alkanes) is 7. The minimum Gasteiger partial charge on any atom is -0.494 e. The summed E-state index contributed by atoms with van der Waals surface area (Å²) >= 11 is 0. The van der Waals surface area contributed by atoms with Crippen molar-refractivity contribution in [2.24, 2.45) is 0 Å². The lowest BCUT2D eigenvalue weighted by Gasteiger charge is -2.08. The van der Waals surface area contributed by atoms with Gasteiger partial charge in [0.2, 0.25) is 0 Å². The van der Waals surface area contributed by atoms with Crippen LogP contribution in [-0.4, -0.2) is 17.7 Å². The second-order valence-corrected chi connectivity index (χ2v) is 6.73. The van der Waals surface area contributed by atoms with Crippen LogP contribution in [0.15, 0.2) is 48.5 Å². The van der Waals surface area contributed by atoms with Gasteiger partial charge in [-0.05, 0) is 41.8 Å². The summed E-state index contributed by atoms with van der Waals surface area (Å²) in [6, 6.07) is 14.9. The molecule has 0 amide bonds. The van der Waals surface area contributed by atoms with Crippen molar-refractivity contribution >= 4 is 5.97 Å². The largest absolute Gasteiger partial charge is 0.494 e. The van der Waals surface area contributed by atoms with Crippen LogP contribution in [0, 0.1) is 0 Å². The average molecular weight is 354 g/mol. The minimum atomic E-state index is -0.902. The molecule has 26 heavy (non-hydrogen) atoms. The van der Waals surface area contributed by atoms with Crippen LogP contribution in [0.5, 0.6) is 5.75 Å². The van der Waals surface area contributed by atoms with E-state index in [0.29, 0.717) is 5.56 Å². The standard InChI is InChI=1S/C23H30O3/c1-2-3-4-5-6-7-8-9-18-26-22-16-14-20(15-17-22)19-10-12-21(13-11-19)23(24)25/h10-17H,2-9,18H2,1H3,(H,24,25). The number of aromatic carboxylic acids is 1. The van der Waals surface area contributed by atoms with Gasteiger partial charge in [0.15, 0.2) is 0 Å². The Kier molecular flexibility index (Phi) is 8.74. The summed E-state index contributed by atoms with van der Waals surface area (Å²) in [6.07, 6.45) is 10.4. The number of ether oxygens (including phenoxy) is 1. The van der Waals surface area contributed by atoms with E-state index in [2.05, 4.69) is 6.92 Å². The summed E-state index contributed by atoms with van der Waals surface area (Å²) in [5, 5.41) is 8.95. The van der Waals surface area contributed by atoms with Crippen LogP contribution in [-0.2, 0) is 0 Å². The molecule has 1 N–H and O–H groups in total. The predicted octanol–water partition coefficient (Wildman–Crippen LogP) is 6.57. The molecule has 0 heterocycles. The van der Waals surface area contributed by atoms with E-state index in [1.807, 2.05) is 36.4 Å². The van der Waals surface area contributed by atoms with E-state index in [-0.39, 0.29) is 0 Å². The SMILES string of the molecule is CCCCCCCCCCOc1ccc(-c2ccc(C(=O)O)cc2)cc1. The monoisotopic (exact) mass is 354 g/mol. The third-order valence-electron chi connectivity index (χ3n) is 4.59. The van der Waals surface area contributed by atoms with Gasteiger partial charge >= 0.3 is 5.97 Å². The quantitative estimate of drug-likeness (QED) is 0.438. The number of hydrogen-bond acceptors (Lipinski definition) is 2. The molecular weight excluding hydrogens is 324 g/mol. The molecule has 140 valence electrons. The van der Waals surface area contributed by atoms with Crippen molar-refractivity contribution in [3.05, 3.63) is 54.1 Å². The number of carboxylic acid groups (broad SMARTS) is 1. The Bertz CT molecular complexity index is 644. The molecule has 2 rings (SSSR count). The summed E-state index contributed by atoms with van der Waals surface area (Å²) in [4.78, 5) is 10.9. The average Bonchev–Trinajstić information content (AvgIpc) is 2.67. The first-order valence-electron chi connectivity index (χ1n) is 9.77. The normalized spacial score (nSPS) is 10.7. The smallest absolute Gasteiger partial charge is 0.335 e. The van der Waals surface area contributed by atoms with Gasteiger partial charge in [-0.25, -0.2) is 4.79 Å². The molecule has 2 aromatic carbocycles. The van der Waals surface area contributed by atoms with Crippen molar-refractivity contribution in [1.82, 2.24) is 0 Å². The highest BCUT2D eigenvalue weighted by Gasteiger charge is 2.03. The number of carbonyl (C=O) groups is 1. The molecule has 0 fully saturated rings. The molecule has 0 spiro atoms. The predicted molar refractivity (Wildman–Crippen MR) is 107 cm³/mol. The van der Waals surface area contributed by atoms with Crippen molar-refractivity contribution in [1.29, 1.82) is 0 Å². The molecule has 0 saturated carbocycles. The summed E-state index contributed by atoms with van der Waals surface area (Å²) < 4.78 is 5.81. The zero-order valence-electron chi connectivity index (χ0n) is 15.7. The van der Waals surface area contributed by atoms with Gasteiger partial charge in [-0.1, -0.05) is 76.1 Å². The molecule has 0 saturated heterocycles. The van der Waals surface area contributed by atoms with Crippen molar-refractivity contribution in [2.45, 2.75) is 58.3 Å². The van der Waals surface area contributed by atoms with Crippen LogP contribution in [0.4, 0.5) is 0 Å². The van der Waals surface area contributed by atoms with Gasteiger partial charge in [0.25, 0.3) is 0 Å². The maximum Gasteiger partial charge on any atom is 0.335 e. The number of benzene rings is 2.